The Kier molecular flexibility index (Phi) is 13.4. The Morgan fingerprint density at radius 2 is 1.61 bits per heavy atom. The summed E-state index contributed by atoms with van der Waals surface area (Å²) in [5.74, 6) is -2.03. The highest BCUT2D eigenvalue weighted by atomic mass is 16.7. The number of nitrogens with zero attached hydrogens (tertiary/aromatic N) is 2. The van der Waals surface area contributed by atoms with Gasteiger partial charge in [-0.1, -0.05) is 20.8 Å². The maximum Gasteiger partial charge on any atom is 0.311 e. The van der Waals surface area contributed by atoms with E-state index in [2.05, 4.69) is 0 Å². The van der Waals surface area contributed by atoms with Crippen LogP contribution < -0.4 is 0 Å². The molecule has 0 saturated carbocycles. The number of hydrogen-bond acceptors (Lipinski definition) is 14. The molecule has 0 amide bonds. The van der Waals surface area contributed by atoms with Gasteiger partial charge in [0.1, 0.15) is 41.7 Å². The first-order valence-electron chi connectivity index (χ1n) is 18.7. The predicted molar refractivity (Wildman–Crippen MR) is 188 cm³/mol. The van der Waals surface area contributed by atoms with Crippen molar-refractivity contribution in [2.24, 2.45) is 22.7 Å². The van der Waals surface area contributed by atoms with E-state index in [-0.39, 0.29) is 30.9 Å². The van der Waals surface area contributed by atoms with E-state index in [1.165, 1.54) is 14.0 Å². The molecule has 4 N–H and O–H groups in total. The summed E-state index contributed by atoms with van der Waals surface area (Å²) in [7, 11) is 5.33. The second-order valence-electron chi connectivity index (χ2n) is 16.5. The van der Waals surface area contributed by atoms with Crippen molar-refractivity contribution in [3.63, 3.8) is 0 Å². The molecule has 296 valence electrons. The zero-order valence-corrected chi connectivity index (χ0v) is 32.9. The van der Waals surface area contributed by atoms with Crippen LogP contribution in [0.2, 0.25) is 0 Å². The highest BCUT2D eigenvalue weighted by Crippen LogP contribution is 2.44. The zero-order chi connectivity index (χ0) is 38.4. The maximum absolute atomic E-state index is 14.2. The van der Waals surface area contributed by atoms with Gasteiger partial charge < -0.3 is 58.5 Å². The molecule has 0 aliphatic carbocycles. The molecular weight excluding hydrogens is 664 g/mol. The lowest BCUT2D eigenvalue weighted by atomic mass is 9.79. The third-order valence-electron chi connectivity index (χ3n) is 11.9. The van der Waals surface area contributed by atoms with Crippen LogP contribution in [0.4, 0.5) is 0 Å². The molecule has 51 heavy (non-hydrogen) atoms. The van der Waals surface area contributed by atoms with Gasteiger partial charge in [-0.25, -0.2) is 4.99 Å². The first-order chi connectivity index (χ1) is 23.6. The predicted octanol–water partition coefficient (Wildman–Crippen LogP) is 2.41. The van der Waals surface area contributed by atoms with Crippen LogP contribution in [0.5, 0.6) is 0 Å². The number of hydrogen-bond donors (Lipinski definition) is 4. The topological polar surface area (TPSA) is 178 Å². The molecule has 3 saturated heterocycles. The first-order valence-corrected chi connectivity index (χ1v) is 18.7. The SMILES string of the molecule is CC[C@H]1OC(=O)[C@H](C)[C@@H](O[C@@H]2C[C@](C)(OC)[C@H](O)[C@H](C)O2)[C@H](C)[C@@H](O[C@@H]2O[C@H](C)C[C@@H](N(C)C)[C@H]2O)[C@]2(C)C[C@@H](C)C(=N[C@H](C)[C@@H](O)[C@]1(C)O)O2. The number of carbonyl (C=O) groups is 1. The van der Waals surface area contributed by atoms with E-state index in [0.29, 0.717) is 18.7 Å². The molecule has 0 spiro atoms. The van der Waals surface area contributed by atoms with Crippen LogP contribution in [-0.2, 0) is 38.0 Å². The number of esters is 1. The van der Waals surface area contributed by atoms with Gasteiger partial charge in [0, 0.05) is 37.8 Å². The molecule has 0 aromatic heterocycles. The normalized spacial score (nSPS) is 50.3. The van der Waals surface area contributed by atoms with Crippen molar-refractivity contribution in [1.29, 1.82) is 0 Å². The molecule has 0 radical (unpaired) electrons. The molecule has 0 aromatic carbocycles. The third kappa shape index (κ3) is 8.60. The Morgan fingerprint density at radius 3 is 2.20 bits per heavy atom. The molecule has 18 atom stereocenters. The van der Waals surface area contributed by atoms with Crippen LogP contribution in [0.1, 0.15) is 94.9 Å². The Hall–Kier alpha value is -1.46. The number of aliphatic hydroxyl groups excluding tert-OH is 3. The number of carbonyl (C=O) groups excluding carboxylic acids is 1. The average molecular weight is 731 g/mol. The minimum absolute atomic E-state index is 0.163. The van der Waals surface area contributed by atoms with E-state index in [0.717, 1.165) is 0 Å². The Labute approximate surface area is 304 Å². The van der Waals surface area contributed by atoms with E-state index in [1.807, 2.05) is 46.7 Å². The van der Waals surface area contributed by atoms with E-state index < -0.39 is 96.0 Å². The van der Waals surface area contributed by atoms with Gasteiger partial charge in [-0.2, -0.15) is 0 Å². The van der Waals surface area contributed by atoms with Crippen LogP contribution in [-0.4, -0.2) is 149 Å². The number of fused-ring (bicyclic) bond motifs is 2. The summed E-state index contributed by atoms with van der Waals surface area (Å²) in [5, 5.41) is 45.5. The number of aliphatic imine (C=N–C) groups is 1. The summed E-state index contributed by atoms with van der Waals surface area (Å²) in [6, 6.07) is -1.04. The maximum atomic E-state index is 14.2. The van der Waals surface area contributed by atoms with Gasteiger partial charge in [-0.05, 0) is 75.4 Å². The fourth-order valence-electron chi connectivity index (χ4n) is 8.61. The van der Waals surface area contributed by atoms with Crippen LogP contribution in [0.3, 0.4) is 0 Å². The minimum atomic E-state index is -1.84. The molecule has 14 nitrogen and oxygen atoms in total. The minimum Gasteiger partial charge on any atom is -0.472 e. The van der Waals surface area contributed by atoms with Crippen molar-refractivity contribution in [2.75, 3.05) is 21.2 Å². The summed E-state index contributed by atoms with van der Waals surface area (Å²) < 4.78 is 44.5. The first kappa shape index (κ1) is 42.3. The number of cyclic esters (lactones) is 1. The summed E-state index contributed by atoms with van der Waals surface area (Å²) in [5.41, 5.74) is -3.91. The summed E-state index contributed by atoms with van der Waals surface area (Å²) in [4.78, 5) is 20.9. The summed E-state index contributed by atoms with van der Waals surface area (Å²) in [6.07, 6.45) is -7.53. The largest absolute Gasteiger partial charge is 0.472 e. The van der Waals surface area contributed by atoms with Crippen molar-refractivity contribution in [1.82, 2.24) is 4.90 Å². The smallest absolute Gasteiger partial charge is 0.311 e. The quantitative estimate of drug-likeness (QED) is 0.281. The van der Waals surface area contributed by atoms with Gasteiger partial charge in [-0.3, -0.25) is 4.79 Å². The second-order valence-corrected chi connectivity index (χ2v) is 16.5. The Bertz CT molecular complexity index is 1220. The van der Waals surface area contributed by atoms with E-state index in [1.54, 1.807) is 34.6 Å². The average Bonchev–Trinajstić information content (AvgIpc) is 3.35. The Balaban J connectivity index is 1.85. The summed E-state index contributed by atoms with van der Waals surface area (Å²) in [6.45, 7) is 17.8. The third-order valence-corrected chi connectivity index (χ3v) is 11.9. The number of likely N-dealkylation sites (N-methyl/N-ethyl adjacent to an activating group) is 1. The van der Waals surface area contributed by atoms with E-state index in [9.17, 15) is 25.2 Å². The van der Waals surface area contributed by atoms with Crippen LogP contribution in [0, 0.1) is 17.8 Å². The molecule has 0 unspecified atom stereocenters. The molecule has 4 heterocycles. The van der Waals surface area contributed by atoms with Crippen LogP contribution in [0.15, 0.2) is 4.99 Å². The van der Waals surface area contributed by atoms with Crippen LogP contribution >= 0.6 is 0 Å². The molecule has 14 heteroatoms. The highest BCUT2D eigenvalue weighted by molar-refractivity contribution is 5.81. The number of methoxy groups -OCH3 is 1. The highest BCUT2D eigenvalue weighted by Gasteiger charge is 2.56. The summed E-state index contributed by atoms with van der Waals surface area (Å²) >= 11 is 0. The standard InChI is InChI=1S/C37H66N2O12/c1-14-25-37(10,44)29(41)22(6)38-32-18(2)16-36(9,51-32)31(50-34-27(40)24(39(11)12)15-19(3)46-34)20(4)28(21(5)33(43)48-25)49-26-17-35(8,45-13)30(42)23(7)47-26/h18-31,34,40-42,44H,14-17H2,1-13H3/t18-,19-,20+,21-,22-,23+,24-,25-,26-,27-,28+,29-,30-,31-,34+,35+,36+,37-/m1/s1. The monoisotopic (exact) mass is 730 g/mol. The lowest BCUT2D eigenvalue weighted by Gasteiger charge is -2.48. The molecule has 4 rings (SSSR count). The lowest BCUT2D eigenvalue weighted by molar-refractivity contribution is -0.315. The molecule has 3 fully saturated rings. The molecule has 0 aromatic rings. The Morgan fingerprint density at radius 1 is 0.961 bits per heavy atom. The molecule has 4 aliphatic rings. The van der Waals surface area contributed by atoms with Crippen LogP contribution in [0.25, 0.3) is 0 Å². The van der Waals surface area contributed by atoms with Gasteiger partial charge in [0.15, 0.2) is 18.5 Å². The van der Waals surface area contributed by atoms with Gasteiger partial charge in [0.25, 0.3) is 0 Å². The van der Waals surface area contributed by atoms with E-state index >= 15 is 0 Å². The number of rotatable bonds is 7. The van der Waals surface area contributed by atoms with Crippen molar-refractivity contribution >= 4 is 11.9 Å². The van der Waals surface area contributed by atoms with Gasteiger partial charge in [0.05, 0.1) is 35.9 Å². The zero-order valence-electron chi connectivity index (χ0n) is 32.9. The fourth-order valence-corrected chi connectivity index (χ4v) is 8.61. The molecule has 2 bridgehead atoms. The molecule has 4 aliphatic heterocycles. The van der Waals surface area contributed by atoms with Gasteiger partial charge in [0.2, 0.25) is 0 Å². The van der Waals surface area contributed by atoms with Gasteiger partial charge in [-0.15, -0.1) is 0 Å². The number of aliphatic hydroxyl groups is 4. The lowest BCUT2D eigenvalue weighted by Crippen LogP contribution is -2.60. The van der Waals surface area contributed by atoms with Crippen molar-refractivity contribution in [3.8, 4) is 0 Å². The van der Waals surface area contributed by atoms with Crippen molar-refractivity contribution in [3.05, 3.63) is 0 Å². The number of ether oxygens (including phenoxy) is 7. The fraction of sp³-hybridized carbons (Fsp3) is 0.946. The van der Waals surface area contributed by atoms with E-state index in [4.69, 9.17) is 38.2 Å². The second kappa shape index (κ2) is 16.1. The van der Waals surface area contributed by atoms with Crippen molar-refractivity contribution < 1.29 is 58.4 Å². The van der Waals surface area contributed by atoms with Crippen molar-refractivity contribution in [2.45, 2.75) is 185 Å². The molecular formula is C37H66N2O12. The van der Waals surface area contributed by atoms with Gasteiger partial charge >= 0.3 is 5.97 Å².